The van der Waals surface area contributed by atoms with Gasteiger partial charge in [-0.2, -0.15) is 5.21 Å². The number of nitrogens with one attached hydrogen (secondary N) is 3. The van der Waals surface area contributed by atoms with Crippen molar-refractivity contribution >= 4 is 11.7 Å². The lowest BCUT2D eigenvalue weighted by atomic mass is 10.3. The highest BCUT2D eigenvalue weighted by molar-refractivity contribution is 5.92. The molecule has 0 atom stereocenters. The van der Waals surface area contributed by atoms with Crippen LogP contribution in [0.4, 0.5) is 5.82 Å². The summed E-state index contributed by atoms with van der Waals surface area (Å²) in [6.07, 6.45) is 0.996. The molecule has 0 aromatic carbocycles. The van der Waals surface area contributed by atoms with E-state index in [1.165, 1.54) is 0 Å². The van der Waals surface area contributed by atoms with Gasteiger partial charge in [-0.05, 0) is 18.6 Å². The number of nitrogens with zero attached hydrogens (tertiary/aromatic N) is 4. The number of carbonyl (C=O) groups is 1. The summed E-state index contributed by atoms with van der Waals surface area (Å²) in [5.74, 6) is 0.840. The Bertz CT molecular complexity index is 526. The Morgan fingerprint density at radius 1 is 1.42 bits per heavy atom. The number of amides is 1. The Kier molecular flexibility index (Phi) is 4.38. The molecule has 0 aliphatic rings. The minimum absolute atomic E-state index is 0.212. The summed E-state index contributed by atoms with van der Waals surface area (Å²) < 4.78 is 0. The van der Waals surface area contributed by atoms with Crippen molar-refractivity contribution in [1.29, 1.82) is 0 Å². The number of H-pyrrole nitrogens is 1. The fourth-order valence-corrected chi connectivity index (χ4v) is 1.42. The average molecular weight is 261 g/mol. The molecular weight excluding hydrogens is 246 g/mol. The van der Waals surface area contributed by atoms with Crippen molar-refractivity contribution in [3.63, 3.8) is 0 Å². The number of aromatic nitrogens is 5. The van der Waals surface area contributed by atoms with E-state index in [2.05, 4.69) is 43.2 Å². The molecule has 0 bridgehead atoms. The summed E-state index contributed by atoms with van der Waals surface area (Å²) >= 11 is 0. The lowest BCUT2D eigenvalue weighted by molar-refractivity contribution is 0.0945. The second kappa shape index (κ2) is 6.43. The third kappa shape index (κ3) is 3.73. The quantitative estimate of drug-likeness (QED) is 0.692. The van der Waals surface area contributed by atoms with Gasteiger partial charge in [0.15, 0.2) is 5.82 Å². The number of tetrazole rings is 1. The van der Waals surface area contributed by atoms with Gasteiger partial charge in [0.25, 0.3) is 5.91 Å². The van der Waals surface area contributed by atoms with Crippen LogP contribution in [-0.2, 0) is 6.54 Å². The zero-order valence-electron chi connectivity index (χ0n) is 10.6. The van der Waals surface area contributed by atoms with Crippen LogP contribution < -0.4 is 10.6 Å². The molecule has 100 valence electrons. The smallest absolute Gasteiger partial charge is 0.270 e. The van der Waals surface area contributed by atoms with Gasteiger partial charge in [0.05, 0.1) is 6.54 Å². The van der Waals surface area contributed by atoms with E-state index in [9.17, 15) is 4.79 Å². The van der Waals surface area contributed by atoms with E-state index in [1.54, 1.807) is 12.1 Å². The van der Waals surface area contributed by atoms with E-state index >= 15 is 0 Å². The Morgan fingerprint density at radius 3 is 3.05 bits per heavy atom. The normalized spacial score (nSPS) is 10.2. The fraction of sp³-hybridized carbons (Fsp3) is 0.364. The van der Waals surface area contributed by atoms with E-state index in [4.69, 9.17) is 0 Å². The van der Waals surface area contributed by atoms with Crippen molar-refractivity contribution in [1.82, 2.24) is 30.9 Å². The lowest BCUT2D eigenvalue weighted by Crippen LogP contribution is -2.24. The number of anilines is 1. The number of pyridine rings is 1. The number of aromatic amines is 1. The van der Waals surface area contributed by atoms with Crippen LogP contribution >= 0.6 is 0 Å². The molecule has 2 aromatic heterocycles. The van der Waals surface area contributed by atoms with Crippen LogP contribution in [0.25, 0.3) is 0 Å². The Labute approximate surface area is 110 Å². The molecule has 1 amide bonds. The number of hydrogen-bond donors (Lipinski definition) is 3. The molecule has 2 aromatic rings. The molecule has 0 fully saturated rings. The van der Waals surface area contributed by atoms with Gasteiger partial charge < -0.3 is 10.6 Å². The molecule has 2 rings (SSSR count). The average Bonchev–Trinajstić information content (AvgIpc) is 2.96. The van der Waals surface area contributed by atoms with E-state index < -0.39 is 0 Å². The third-order valence-corrected chi connectivity index (χ3v) is 2.33. The van der Waals surface area contributed by atoms with E-state index in [-0.39, 0.29) is 12.5 Å². The van der Waals surface area contributed by atoms with Gasteiger partial charge in [-0.1, -0.05) is 18.2 Å². The maximum atomic E-state index is 11.9. The Morgan fingerprint density at radius 2 is 2.32 bits per heavy atom. The summed E-state index contributed by atoms with van der Waals surface area (Å²) in [5, 5.41) is 19.0. The van der Waals surface area contributed by atoms with Crippen LogP contribution in [0.15, 0.2) is 18.2 Å². The van der Waals surface area contributed by atoms with E-state index in [0.717, 1.165) is 13.0 Å². The highest BCUT2D eigenvalue weighted by Crippen LogP contribution is 2.05. The summed E-state index contributed by atoms with van der Waals surface area (Å²) in [6, 6.07) is 5.27. The summed E-state index contributed by atoms with van der Waals surface area (Å²) in [5.41, 5.74) is 0.351. The van der Waals surface area contributed by atoms with Gasteiger partial charge >= 0.3 is 0 Å². The molecule has 8 heteroatoms. The van der Waals surface area contributed by atoms with Crippen molar-refractivity contribution < 1.29 is 4.79 Å². The topological polar surface area (TPSA) is 108 Å². The molecule has 0 radical (unpaired) electrons. The van der Waals surface area contributed by atoms with Crippen LogP contribution in [0.5, 0.6) is 0 Å². The third-order valence-electron chi connectivity index (χ3n) is 2.33. The molecule has 8 nitrogen and oxygen atoms in total. The summed E-state index contributed by atoms with van der Waals surface area (Å²) in [7, 11) is 0. The zero-order valence-corrected chi connectivity index (χ0v) is 10.6. The van der Waals surface area contributed by atoms with Gasteiger partial charge in [-0.3, -0.25) is 4.79 Å². The minimum Gasteiger partial charge on any atom is -0.370 e. The maximum absolute atomic E-state index is 11.9. The van der Waals surface area contributed by atoms with Crippen LogP contribution in [0.3, 0.4) is 0 Å². The number of hydrogen-bond acceptors (Lipinski definition) is 6. The monoisotopic (exact) mass is 261 g/mol. The van der Waals surface area contributed by atoms with Crippen molar-refractivity contribution in [3.8, 4) is 0 Å². The second-order valence-corrected chi connectivity index (χ2v) is 3.85. The molecule has 0 aliphatic heterocycles. The Balaban J connectivity index is 1.94. The summed E-state index contributed by atoms with van der Waals surface area (Å²) in [6.45, 7) is 3.10. The molecule has 0 spiro atoms. The zero-order chi connectivity index (χ0) is 13.5. The predicted molar refractivity (Wildman–Crippen MR) is 68.4 cm³/mol. The van der Waals surface area contributed by atoms with Gasteiger partial charge in [0.2, 0.25) is 0 Å². The maximum Gasteiger partial charge on any atom is 0.270 e. The fourth-order valence-electron chi connectivity index (χ4n) is 1.42. The van der Waals surface area contributed by atoms with Crippen molar-refractivity contribution in [2.24, 2.45) is 0 Å². The SMILES string of the molecule is CCCNc1cccc(C(=O)NCc2nn[nH]n2)n1. The van der Waals surface area contributed by atoms with Crippen molar-refractivity contribution in [3.05, 3.63) is 29.7 Å². The molecule has 3 N–H and O–H groups in total. The van der Waals surface area contributed by atoms with Crippen LogP contribution in [0.1, 0.15) is 29.7 Å². The molecule has 0 saturated carbocycles. The highest BCUT2D eigenvalue weighted by Gasteiger charge is 2.08. The standard InChI is InChI=1S/C11H15N7O/c1-2-6-12-9-5-3-4-8(14-9)11(19)13-7-10-15-17-18-16-10/h3-5H,2,6-7H2,1H3,(H,12,14)(H,13,19)(H,15,16,17,18). The van der Waals surface area contributed by atoms with Gasteiger partial charge in [0, 0.05) is 6.54 Å². The molecule has 2 heterocycles. The molecule has 0 saturated heterocycles. The van der Waals surface area contributed by atoms with E-state index in [0.29, 0.717) is 17.3 Å². The number of carbonyl (C=O) groups excluding carboxylic acids is 1. The van der Waals surface area contributed by atoms with Crippen molar-refractivity contribution in [2.45, 2.75) is 19.9 Å². The molecule has 0 unspecified atom stereocenters. The molecule has 0 aliphatic carbocycles. The van der Waals surface area contributed by atoms with Crippen LogP contribution in [0, 0.1) is 0 Å². The van der Waals surface area contributed by atoms with Crippen LogP contribution in [-0.4, -0.2) is 38.1 Å². The largest absolute Gasteiger partial charge is 0.370 e. The first-order valence-corrected chi connectivity index (χ1v) is 6.01. The van der Waals surface area contributed by atoms with Gasteiger partial charge in [-0.15, -0.1) is 10.2 Å². The minimum atomic E-state index is -0.273. The molecular formula is C11H15N7O. The lowest BCUT2D eigenvalue weighted by Gasteiger charge is -2.06. The summed E-state index contributed by atoms with van der Waals surface area (Å²) in [4.78, 5) is 16.1. The van der Waals surface area contributed by atoms with Crippen molar-refractivity contribution in [2.75, 3.05) is 11.9 Å². The van der Waals surface area contributed by atoms with Gasteiger partial charge in [0.1, 0.15) is 11.5 Å². The first-order chi connectivity index (χ1) is 9.29. The molecule has 19 heavy (non-hydrogen) atoms. The van der Waals surface area contributed by atoms with E-state index in [1.807, 2.05) is 6.07 Å². The number of rotatable bonds is 6. The van der Waals surface area contributed by atoms with Gasteiger partial charge in [-0.25, -0.2) is 4.98 Å². The Hall–Kier alpha value is -2.51. The second-order valence-electron chi connectivity index (χ2n) is 3.85. The predicted octanol–water partition coefficient (Wildman–Crippen LogP) is 0.347. The highest BCUT2D eigenvalue weighted by atomic mass is 16.1. The first kappa shape index (κ1) is 12.9. The first-order valence-electron chi connectivity index (χ1n) is 6.01. The van der Waals surface area contributed by atoms with Crippen LogP contribution in [0.2, 0.25) is 0 Å².